The second kappa shape index (κ2) is 6.02. The van der Waals surface area contributed by atoms with Crippen LogP contribution in [-0.4, -0.2) is 41.8 Å². The molecule has 1 N–H and O–H groups in total. The predicted octanol–water partition coefficient (Wildman–Crippen LogP) is 3.02. The second-order valence-electron chi connectivity index (χ2n) is 6.01. The second-order valence-corrected chi connectivity index (χ2v) is 6.42. The number of benzene rings is 1. The molecule has 1 spiro atoms. The molecule has 1 aromatic carbocycles. The van der Waals surface area contributed by atoms with Crippen molar-refractivity contribution in [3.8, 4) is 0 Å². The monoisotopic (exact) mass is 295 g/mol. The van der Waals surface area contributed by atoms with Crippen LogP contribution in [0.3, 0.4) is 0 Å². The minimum atomic E-state index is -0.528. The van der Waals surface area contributed by atoms with Crippen LogP contribution in [-0.2, 0) is 4.74 Å². The van der Waals surface area contributed by atoms with E-state index in [0.717, 1.165) is 38.1 Å². The molecule has 20 heavy (non-hydrogen) atoms. The molecule has 0 amide bonds. The standard InChI is InChI=1S/C16H22ClNO2/c17-14-6-2-1-5-13(14)15(19)11-18-9-10-20-16(12-18)7-3-4-8-16/h1-2,5-6,15,19H,3-4,7-12H2. The summed E-state index contributed by atoms with van der Waals surface area (Å²) in [5.74, 6) is 0. The van der Waals surface area contributed by atoms with Gasteiger partial charge in [0.25, 0.3) is 0 Å². The molecule has 1 saturated carbocycles. The van der Waals surface area contributed by atoms with Gasteiger partial charge in [0.2, 0.25) is 0 Å². The number of β-amino-alcohol motifs (C(OH)–C–C–N with tert-alkyl or cyclic N) is 1. The molecule has 2 aliphatic rings. The zero-order valence-corrected chi connectivity index (χ0v) is 12.5. The molecule has 1 heterocycles. The molecule has 3 rings (SSSR count). The molecule has 1 aromatic rings. The fourth-order valence-corrected chi connectivity index (χ4v) is 3.75. The first-order valence-electron chi connectivity index (χ1n) is 7.47. The highest BCUT2D eigenvalue weighted by Gasteiger charge is 2.39. The number of halogens is 1. The molecule has 4 heteroatoms. The van der Waals surface area contributed by atoms with E-state index < -0.39 is 6.10 Å². The van der Waals surface area contributed by atoms with Crippen LogP contribution in [0, 0.1) is 0 Å². The van der Waals surface area contributed by atoms with E-state index in [2.05, 4.69) is 4.90 Å². The Morgan fingerprint density at radius 3 is 2.80 bits per heavy atom. The number of morpholine rings is 1. The topological polar surface area (TPSA) is 32.7 Å². The third-order valence-corrected chi connectivity index (χ3v) is 4.88. The van der Waals surface area contributed by atoms with Crippen molar-refractivity contribution in [3.05, 3.63) is 34.9 Å². The van der Waals surface area contributed by atoms with E-state index in [9.17, 15) is 5.11 Å². The number of nitrogens with zero attached hydrogens (tertiary/aromatic N) is 1. The molecule has 3 nitrogen and oxygen atoms in total. The van der Waals surface area contributed by atoms with Gasteiger partial charge in [-0.25, -0.2) is 0 Å². The van der Waals surface area contributed by atoms with Crippen LogP contribution in [0.1, 0.15) is 37.4 Å². The Hall–Kier alpha value is -0.610. The van der Waals surface area contributed by atoms with Gasteiger partial charge in [0.15, 0.2) is 0 Å². The summed E-state index contributed by atoms with van der Waals surface area (Å²) in [6.45, 7) is 3.24. The van der Waals surface area contributed by atoms with Crippen molar-refractivity contribution in [3.63, 3.8) is 0 Å². The maximum absolute atomic E-state index is 10.4. The lowest BCUT2D eigenvalue weighted by atomic mass is 9.99. The van der Waals surface area contributed by atoms with Gasteiger partial charge in [-0.3, -0.25) is 4.90 Å². The molecule has 110 valence electrons. The van der Waals surface area contributed by atoms with Crippen molar-refractivity contribution >= 4 is 11.6 Å². The van der Waals surface area contributed by atoms with Gasteiger partial charge in [0.05, 0.1) is 18.3 Å². The molecule has 0 bridgehead atoms. The molecule has 1 saturated heterocycles. The average Bonchev–Trinajstić information content (AvgIpc) is 2.87. The summed E-state index contributed by atoms with van der Waals surface area (Å²) in [6.07, 6.45) is 4.32. The number of ether oxygens (including phenoxy) is 1. The fraction of sp³-hybridized carbons (Fsp3) is 0.625. The van der Waals surface area contributed by atoms with Gasteiger partial charge in [0.1, 0.15) is 0 Å². The Morgan fingerprint density at radius 1 is 1.30 bits per heavy atom. The smallest absolute Gasteiger partial charge is 0.0931 e. The summed E-state index contributed by atoms with van der Waals surface area (Å²) in [5, 5.41) is 11.1. The van der Waals surface area contributed by atoms with Gasteiger partial charge >= 0.3 is 0 Å². The lowest BCUT2D eigenvalue weighted by Crippen LogP contribution is -2.51. The van der Waals surface area contributed by atoms with E-state index in [1.807, 2.05) is 24.3 Å². The van der Waals surface area contributed by atoms with Crippen LogP contribution in [0.25, 0.3) is 0 Å². The van der Waals surface area contributed by atoms with Crippen LogP contribution in [0.5, 0.6) is 0 Å². The first-order chi connectivity index (χ1) is 9.69. The minimum Gasteiger partial charge on any atom is -0.387 e. The van der Waals surface area contributed by atoms with Crippen molar-refractivity contribution in [2.24, 2.45) is 0 Å². The van der Waals surface area contributed by atoms with Crippen molar-refractivity contribution in [1.82, 2.24) is 4.90 Å². The van der Waals surface area contributed by atoms with Gasteiger partial charge in [-0.1, -0.05) is 42.6 Å². The number of hydrogen-bond donors (Lipinski definition) is 1. The van der Waals surface area contributed by atoms with E-state index in [0.29, 0.717) is 11.6 Å². The molecule has 1 atom stereocenters. The SMILES string of the molecule is OC(CN1CCOC2(CCCC2)C1)c1ccccc1Cl. The van der Waals surface area contributed by atoms with Crippen LogP contribution in [0.2, 0.25) is 5.02 Å². The van der Waals surface area contributed by atoms with Crippen molar-refractivity contribution in [2.45, 2.75) is 37.4 Å². The normalized spacial score (nSPS) is 24.1. The molecule has 1 unspecified atom stereocenters. The zero-order chi connectivity index (χ0) is 14.0. The third-order valence-electron chi connectivity index (χ3n) is 4.54. The summed E-state index contributed by atoms with van der Waals surface area (Å²) < 4.78 is 6.02. The van der Waals surface area contributed by atoms with E-state index >= 15 is 0 Å². The molecule has 1 aliphatic carbocycles. The Balaban J connectivity index is 1.64. The van der Waals surface area contributed by atoms with E-state index in [1.165, 1.54) is 12.8 Å². The number of aliphatic hydroxyl groups is 1. The van der Waals surface area contributed by atoms with Crippen LogP contribution < -0.4 is 0 Å². The number of hydrogen-bond acceptors (Lipinski definition) is 3. The van der Waals surface area contributed by atoms with Gasteiger partial charge in [0, 0.05) is 30.2 Å². The van der Waals surface area contributed by atoms with Gasteiger partial charge < -0.3 is 9.84 Å². The maximum atomic E-state index is 10.4. The fourth-order valence-electron chi connectivity index (χ4n) is 3.49. The van der Waals surface area contributed by atoms with Crippen molar-refractivity contribution in [1.29, 1.82) is 0 Å². The summed E-state index contributed by atoms with van der Waals surface area (Å²) in [7, 11) is 0. The number of rotatable bonds is 3. The molecular formula is C16H22ClNO2. The van der Waals surface area contributed by atoms with E-state index in [1.54, 1.807) is 0 Å². The summed E-state index contributed by atoms with van der Waals surface area (Å²) in [5.41, 5.74) is 0.875. The van der Waals surface area contributed by atoms with Crippen molar-refractivity contribution < 1.29 is 9.84 Å². The van der Waals surface area contributed by atoms with Gasteiger partial charge in [-0.2, -0.15) is 0 Å². The van der Waals surface area contributed by atoms with Crippen LogP contribution in [0.15, 0.2) is 24.3 Å². The first-order valence-corrected chi connectivity index (χ1v) is 7.85. The molecule has 0 radical (unpaired) electrons. The third kappa shape index (κ3) is 3.01. The summed E-state index contributed by atoms with van der Waals surface area (Å²) in [4.78, 5) is 2.32. The van der Waals surface area contributed by atoms with Crippen LogP contribution >= 0.6 is 11.6 Å². The van der Waals surface area contributed by atoms with Crippen molar-refractivity contribution in [2.75, 3.05) is 26.2 Å². The maximum Gasteiger partial charge on any atom is 0.0931 e. The quantitative estimate of drug-likeness (QED) is 0.930. The largest absolute Gasteiger partial charge is 0.387 e. The lowest BCUT2D eigenvalue weighted by molar-refractivity contribution is -0.111. The Kier molecular flexibility index (Phi) is 4.32. The van der Waals surface area contributed by atoms with Gasteiger partial charge in [-0.05, 0) is 18.9 Å². The Bertz CT molecular complexity index is 460. The van der Waals surface area contributed by atoms with Crippen LogP contribution in [0.4, 0.5) is 0 Å². The summed E-state index contributed by atoms with van der Waals surface area (Å²) in [6, 6.07) is 7.54. The molecule has 0 aromatic heterocycles. The van der Waals surface area contributed by atoms with Gasteiger partial charge in [-0.15, -0.1) is 0 Å². The average molecular weight is 296 g/mol. The van der Waals surface area contributed by atoms with E-state index in [4.69, 9.17) is 16.3 Å². The Labute approximate surface area is 125 Å². The minimum absolute atomic E-state index is 0.0540. The molecule has 1 aliphatic heterocycles. The lowest BCUT2D eigenvalue weighted by Gasteiger charge is -2.41. The number of aliphatic hydroxyl groups excluding tert-OH is 1. The zero-order valence-electron chi connectivity index (χ0n) is 11.7. The molecule has 2 fully saturated rings. The summed E-state index contributed by atoms with van der Waals surface area (Å²) >= 11 is 6.15. The first kappa shape index (κ1) is 14.3. The van der Waals surface area contributed by atoms with E-state index in [-0.39, 0.29) is 5.60 Å². The highest BCUT2D eigenvalue weighted by atomic mass is 35.5. The predicted molar refractivity (Wildman–Crippen MR) is 80.0 cm³/mol. The highest BCUT2D eigenvalue weighted by molar-refractivity contribution is 6.31. The Morgan fingerprint density at radius 2 is 2.05 bits per heavy atom. The highest BCUT2D eigenvalue weighted by Crippen LogP contribution is 2.36. The molecular weight excluding hydrogens is 274 g/mol.